The van der Waals surface area contributed by atoms with Crippen LogP contribution in [0.1, 0.15) is 51.9 Å². The summed E-state index contributed by atoms with van der Waals surface area (Å²) < 4.78 is 0. The van der Waals surface area contributed by atoms with Gasteiger partial charge in [0.1, 0.15) is 13.9 Å². The lowest BCUT2D eigenvalue weighted by molar-refractivity contribution is -0.121. The van der Waals surface area contributed by atoms with E-state index in [4.69, 9.17) is 0 Å². The molecule has 0 N–H and O–H groups in total. The number of unbranched alkanes of at least 4 members (excludes halogenated alkanes) is 1. The molecule has 0 radical (unpaired) electrons. The molecule has 0 atom stereocenters. The molecule has 2 heteroatoms. The Hall–Kier alpha value is -0.553. The van der Waals surface area contributed by atoms with E-state index in [9.17, 15) is 4.79 Å². The Balaban J connectivity index is 2.78. The van der Waals surface area contributed by atoms with Crippen molar-refractivity contribution in [2.45, 2.75) is 71.5 Å². The first-order chi connectivity index (χ1) is 7.87. The van der Waals surface area contributed by atoms with Crippen LogP contribution in [0.15, 0.2) is 0 Å². The first-order valence-corrected chi connectivity index (χ1v) is 10.4. The molecule has 0 aromatic carbocycles. The van der Waals surface area contributed by atoms with E-state index in [1.807, 2.05) is 0 Å². The Kier molecular flexibility index (Phi) is 5.00. The van der Waals surface area contributed by atoms with Crippen LogP contribution in [0, 0.1) is 16.9 Å². The van der Waals surface area contributed by atoms with Gasteiger partial charge in [0, 0.05) is 18.3 Å². The highest BCUT2D eigenvalue weighted by atomic mass is 28.3. The van der Waals surface area contributed by atoms with Gasteiger partial charge in [0.25, 0.3) is 0 Å². The van der Waals surface area contributed by atoms with E-state index < -0.39 is 8.07 Å². The smallest absolute Gasteiger partial charge is 0.133 e. The molecule has 0 aromatic heterocycles. The second-order valence-electron chi connectivity index (χ2n) is 6.42. The summed E-state index contributed by atoms with van der Waals surface area (Å²) in [5.41, 5.74) is 3.70. The van der Waals surface area contributed by atoms with Crippen LogP contribution in [0.4, 0.5) is 0 Å². The molecule has 1 aliphatic rings. The molecule has 96 valence electrons. The van der Waals surface area contributed by atoms with Crippen molar-refractivity contribution in [3.8, 4) is 11.5 Å². The van der Waals surface area contributed by atoms with Crippen molar-refractivity contribution in [1.82, 2.24) is 0 Å². The van der Waals surface area contributed by atoms with E-state index >= 15 is 0 Å². The van der Waals surface area contributed by atoms with Crippen LogP contribution in [0.25, 0.3) is 0 Å². The standard InChI is InChI=1S/C15H26OSi/c1-5-6-9-15(12-13-17(2,3)4)10-7-14(16)8-11-15/h5-11H2,1-4H3. The molecule has 0 unspecified atom stereocenters. The van der Waals surface area contributed by atoms with E-state index in [1.165, 1.54) is 19.3 Å². The molecule has 0 saturated heterocycles. The predicted molar refractivity (Wildman–Crippen MR) is 76.6 cm³/mol. The van der Waals surface area contributed by atoms with E-state index in [2.05, 4.69) is 38.0 Å². The molecule has 0 bridgehead atoms. The molecular formula is C15H26OSi. The Labute approximate surface area is 107 Å². The average Bonchev–Trinajstić information content (AvgIpc) is 2.26. The zero-order chi connectivity index (χ0) is 12.9. The zero-order valence-corrected chi connectivity index (χ0v) is 12.9. The van der Waals surface area contributed by atoms with Gasteiger partial charge in [-0.25, -0.2) is 0 Å². The first kappa shape index (κ1) is 14.5. The maximum atomic E-state index is 11.4. The number of rotatable bonds is 3. The SMILES string of the molecule is CCCCC1(C#C[Si](C)(C)C)CCC(=O)CC1. The fraction of sp³-hybridized carbons (Fsp3) is 0.800. The molecule has 1 fully saturated rings. The maximum absolute atomic E-state index is 11.4. The molecule has 1 saturated carbocycles. The van der Waals surface area contributed by atoms with Crippen LogP contribution in [-0.2, 0) is 4.79 Å². The van der Waals surface area contributed by atoms with Crippen LogP contribution < -0.4 is 0 Å². The lowest BCUT2D eigenvalue weighted by atomic mass is 9.71. The second-order valence-corrected chi connectivity index (χ2v) is 11.2. The summed E-state index contributed by atoms with van der Waals surface area (Å²) >= 11 is 0. The van der Waals surface area contributed by atoms with Crippen molar-refractivity contribution in [2.24, 2.45) is 5.41 Å². The summed E-state index contributed by atoms with van der Waals surface area (Å²) in [7, 11) is -1.29. The Morgan fingerprint density at radius 1 is 1.24 bits per heavy atom. The minimum Gasteiger partial charge on any atom is -0.300 e. The maximum Gasteiger partial charge on any atom is 0.133 e. The van der Waals surface area contributed by atoms with E-state index in [0.717, 1.165) is 25.7 Å². The number of carbonyl (C=O) groups is 1. The number of carbonyl (C=O) groups excluding carboxylic acids is 1. The Morgan fingerprint density at radius 3 is 2.29 bits per heavy atom. The molecule has 17 heavy (non-hydrogen) atoms. The first-order valence-electron chi connectivity index (χ1n) is 6.93. The van der Waals surface area contributed by atoms with Crippen molar-refractivity contribution in [2.75, 3.05) is 0 Å². The highest BCUT2D eigenvalue weighted by Crippen LogP contribution is 2.39. The number of hydrogen-bond acceptors (Lipinski definition) is 1. The third-order valence-corrected chi connectivity index (χ3v) is 4.35. The van der Waals surface area contributed by atoms with Crippen molar-refractivity contribution < 1.29 is 4.79 Å². The van der Waals surface area contributed by atoms with Gasteiger partial charge in [0.2, 0.25) is 0 Å². The highest BCUT2D eigenvalue weighted by Gasteiger charge is 2.32. The zero-order valence-electron chi connectivity index (χ0n) is 11.9. The largest absolute Gasteiger partial charge is 0.300 e. The van der Waals surface area contributed by atoms with Gasteiger partial charge in [-0.1, -0.05) is 39.4 Å². The molecule has 0 aromatic rings. The summed E-state index contributed by atoms with van der Waals surface area (Å²) in [5.74, 6) is 4.03. The summed E-state index contributed by atoms with van der Waals surface area (Å²) in [6.07, 6.45) is 7.17. The van der Waals surface area contributed by atoms with Crippen LogP contribution in [-0.4, -0.2) is 13.9 Å². The summed E-state index contributed by atoms with van der Waals surface area (Å²) in [6, 6.07) is 0. The normalized spacial score (nSPS) is 19.6. The van der Waals surface area contributed by atoms with Gasteiger partial charge in [-0.15, -0.1) is 11.5 Å². The third kappa shape index (κ3) is 5.08. The van der Waals surface area contributed by atoms with Crippen molar-refractivity contribution in [3.05, 3.63) is 0 Å². The number of hydrogen-bond donors (Lipinski definition) is 0. The number of ketones is 1. The predicted octanol–water partition coefficient (Wildman–Crippen LogP) is 4.19. The van der Waals surface area contributed by atoms with Crippen molar-refractivity contribution in [1.29, 1.82) is 0 Å². The average molecular weight is 250 g/mol. The third-order valence-electron chi connectivity index (χ3n) is 3.48. The van der Waals surface area contributed by atoms with E-state index in [-0.39, 0.29) is 5.41 Å². The summed E-state index contributed by atoms with van der Waals surface area (Å²) in [4.78, 5) is 11.4. The van der Waals surface area contributed by atoms with Gasteiger partial charge in [-0.05, 0) is 19.3 Å². The highest BCUT2D eigenvalue weighted by molar-refractivity contribution is 6.83. The van der Waals surface area contributed by atoms with Crippen LogP contribution >= 0.6 is 0 Å². The molecule has 1 nitrogen and oxygen atoms in total. The van der Waals surface area contributed by atoms with Gasteiger partial charge in [0.05, 0.1) is 0 Å². The fourth-order valence-electron chi connectivity index (χ4n) is 2.28. The van der Waals surface area contributed by atoms with Crippen LogP contribution in [0.3, 0.4) is 0 Å². The molecule has 1 rings (SSSR count). The molecule has 0 amide bonds. The van der Waals surface area contributed by atoms with Gasteiger partial charge < -0.3 is 0 Å². The fourth-order valence-corrected chi connectivity index (χ4v) is 2.92. The lowest BCUT2D eigenvalue weighted by Gasteiger charge is -2.32. The van der Waals surface area contributed by atoms with Gasteiger partial charge in [-0.2, -0.15) is 0 Å². The molecular weight excluding hydrogens is 224 g/mol. The minimum absolute atomic E-state index is 0.171. The summed E-state index contributed by atoms with van der Waals surface area (Å²) in [6.45, 7) is 9.11. The monoisotopic (exact) mass is 250 g/mol. The lowest BCUT2D eigenvalue weighted by Crippen LogP contribution is -2.28. The molecule has 1 aliphatic carbocycles. The summed E-state index contributed by atoms with van der Waals surface area (Å²) in [5, 5.41) is 0. The molecule has 0 heterocycles. The topological polar surface area (TPSA) is 17.1 Å². The van der Waals surface area contributed by atoms with Gasteiger partial charge in [-0.3, -0.25) is 4.79 Å². The second kappa shape index (κ2) is 5.86. The minimum atomic E-state index is -1.29. The number of Topliss-reactive ketones (excluding diaryl/α,β-unsaturated/α-hetero) is 1. The Bertz CT molecular complexity index is 317. The van der Waals surface area contributed by atoms with Crippen LogP contribution in [0.5, 0.6) is 0 Å². The quantitative estimate of drug-likeness (QED) is 0.542. The van der Waals surface area contributed by atoms with Crippen molar-refractivity contribution in [3.63, 3.8) is 0 Å². The van der Waals surface area contributed by atoms with E-state index in [0.29, 0.717) is 5.78 Å². The van der Waals surface area contributed by atoms with Gasteiger partial charge >= 0.3 is 0 Å². The van der Waals surface area contributed by atoms with Crippen LogP contribution in [0.2, 0.25) is 19.6 Å². The van der Waals surface area contributed by atoms with Gasteiger partial charge in [0.15, 0.2) is 0 Å². The molecule has 0 spiro atoms. The van der Waals surface area contributed by atoms with Crippen molar-refractivity contribution >= 4 is 13.9 Å². The molecule has 0 aliphatic heterocycles. The Morgan fingerprint density at radius 2 is 1.82 bits per heavy atom. The van der Waals surface area contributed by atoms with E-state index in [1.54, 1.807) is 0 Å².